The molecule has 3 nitrogen and oxygen atoms in total. The van der Waals surface area contributed by atoms with Crippen LogP contribution in [-0.2, 0) is 6.18 Å². The van der Waals surface area contributed by atoms with Crippen molar-refractivity contribution in [2.45, 2.75) is 13.1 Å². The van der Waals surface area contributed by atoms with Gasteiger partial charge in [0.25, 0.3) is 0 Å². The van der Waals surface area contributed by atoms with Crippen molar-refractivity contribution in [2.75, 3.05) is 11.9 Å². The van der Waals surface area contributed by atoms with Gasteiger partial charge in [0.15, 0.2) is 0 Å². The normalized spacial score (nSPS) is 11.8. The summed E-state index contributed by atoms with van der Waals surface area (Å²) in [5.74, 6) is 0. The highest BCUT2D eigenvalue weighted by Crippen LogP contribution is 2.29. The summed E-state index contributed by atoms with van der Waals surface area (Å²) in [5.41, 5.74) is -1.84. The zero-order valence-corrected chi connectivity index (χ0v) is 9.47. The van der Waals surface area contributed by atoms with Crippen molar-refractivity contribution in [1.29, 1.82) is 0 Å². The topological polar surface area (TPSA) is 42.2 Å². The van der Waals surface area contributed by atoms with Crippen LogP contribution in [0.5, 0.6) is 0 Å². The summed E-state index contributed by atoms with van der Waals surface area (Å²) in [5, 5.41) is 3.22. The van der Waals surface area contributed by atoms with Gasteiger partial charge < -0.3 is 9.73 Å². The molecule has 0 spiro atoms. The summed E-state index contributed by atoms with van der Waals surface area (Å²) in [4.78, 5) is 11.2. The quantitative estimate of drug-likeness (QED) is 0.840. The van der Waals surface area contributed by atoms with Crippen molar-refractivity contribution in [3.05, 3.63) is 40.2 Å². The molecule has 0 amide bonds. The molecule has 0 saturated carbocycles. The third-order valence-corrected chi connectivity index (χ3v) is 2.42. The van der Waals surface area contributed by atoms with E-state index in [2.05, 4.69) is 5.32 Å². The highest BCUT2D eigenvalue weighted by atomic mass is 19.4. The number of hydrogen-bond donors (Lipinski definition) is 1. The highest BCUT2D eigenvalue weighted by Gasteiger charge is 2.35. The molecular weight excluding hydrogens is 247 g/mol. The predicted molar refractivity (Wildman–Crippen MR) is 61.6 cm³/mol. The summed E-state index contributed by atoms with van der Waals surface area (Å²) >= 11 is 0. The number of halogens is 3. The molecule has 6 heteroatoms. The average Bonchev–Trinajstić information content (AvgIpc) is 2.27. The van der Waals surface area contributed by atoms with Gasteiger partial charge in [-0.2, -0.15) is 13.2 Å². The zero-order chi connectivity index (χ0) is 13.3. The standard InChI is InChI=1S/C12H10F3NO2/c1-2-16-8-4-3-7-5-9(12(13,14)15)11(17)18-10(7)6-8/h3-6,16H,2H2,1H3. The van der Waals surface area contributed by atoms with Crippen LogP contribution in [0.1, 0.15) is 12.5 Å². The van der Waals surface area contributed by atoms with Gasteiger partial charge >= 0.3 is 11.8 Å². The molecule has 0 atom stereocenters. The summed E-state index contributed by atoms with van der Waals surface area (Å²) in [6.45, 7) is 2.55. The number of hydrogen-bond acceptors (Lipinski definition) is 3. The van der Waals surface area contributed by atoms with E-state index in [9.17, 15) is 18.0 Å². The van der Waals surface area contributed by atoms with Crippen LogP contribution >= 0.6 is 0 Å². The van der Waals surface area contributed by atoms with Crippen LogP contribution in [0.15, 0.2) is 33.5 Å². The summed E-state index contributed by atoms with van der Waals surface area (Å²) in [6, 6.07) is 5.41. The Kier molecular flexibility index (Phi) is 3.02. The van der Waals surface area contributed by atoms with Gasteiger partial charge in [-0.15, -0.1) is 0 Å². The van der Waals surface area contributed by atoms with Crippen molar-refractivity contribution in [2.24, 2.45) is 0 Å². The van der Waals surface area contributed by atoms with E-state index in [4.69, 9.17) is 4.42 Å². The fourth-order valence-electron chi connectivity index (χ4n) is 1.62. The molecular formula is C12H10F3NO2. The number of rotatable bonds is 2. The molecule has 0 bridgehead atoms. The minimum Gasteiger partial charge on any atom is -0.422 e. The number of alkyl halides is 3. The maximum atomic E-state index is 12.5. The van der Waals surface area contributed by atoms with Gasteiger partial charge in [-0.25, -0.2) is 4.79 Å². The van der Waals surface area contributed by atoms with E-state index in [0.717, 1.165) is 6.07 Å². The Morgan fingerprint density at radius 2 is 2.00 bits per heavy atom. The van der Waals surface area contributed by atoms with Crippen LogP contribution in [0, 0.1) is 0 Å². The smallest absolute Gasteiger partial charge is 0.422 e. The van der Waals surface area contributed by atoms with Gasteiger partial charge in [0.2, 0.25) is 0 Å². The average molecular weight is 257 g/mol. The van der Waals surface area contributed by atoms with Crippen molar-refractivity contribution in [3.8, 4) is 0 Å². The number of anilines is 1. The minimum absolute atomic E-state index is 0.131. The predicted octanol–water partition coefficient (Wildman–Crippen LogP) is 3.24. The van der Waals surface area contributed by atoms with E-state index in [1.165, 1.54) is 12.1 Å². The van der Waals surface area contributed by atoms with E-state index in [-0.39, 0.29) is 11.0 Å². The van der Waals surface area contributed by atoms with Crippen molar-refractivity contribution in [1.82, 2.24) is 0 Å². The van der Waals surface area contributed by atoms with Gasteiger partial charge in [-0.1, -0.05) is 0 Å². The van der Waals surface area contributed by atoms with Crippen LogP contribution < -0.4 is 10.9 Å². The Hall–Kier alpha value is -1.98. The molecule has 0 fully saturated rings. The van der Waals surface area contributed by atoms with Gasteiger partial charge in [-0.05, 0) is 25.1 Å². The lowest BCUT2D eigenvalue weighted by atomic mass is 10.1. The van der Waals surface area contributed by atoms with E-state index < -0.39 is 17.4 Å². The lowest BCUT2D eigenvalue weighted by Crippen LogP contribution is -2.17. The summed E-state index contributed by atoms with van der Waals surface area (Å²) in [6.07, 6.45) is -4.70. The molecule has 1 heterocycles. The molecule has 18 heavy (non-hydrogen) atoms. The second-order valence-corrected chi connectivity index (χ2v) is 3.73. The Labute approximate surface area is 100 Å². The monoisotopic (exact) mass is 257 g/mol. The van der Waals surface area contributed by atoms with Gasteiger partial charge in [0.1, 0.15) is 11.1 Å². The molecule has 2 aromatic rings. The van der Waals surface area contributed by atoms with Gasteiger partial charge in [0, 0.05) is 23.7 Å². The molecule has 96 valence electrons. The van der Waals surface area contributed by atoms with Crippen molar-refractivity contribution >= 4 is 16.7 Å². The first-order valence-electron chi connectivity index (χ1n) is 5.31. The molecule has 0 radical (unpaired) electrons. The van der Waals surface area contributed by atoms with Crippen LogP contribution in [0.25, 0.3) is 11.0 Å². The van der Waals surface area contributed by atoms with Crippen molar-refractivity contribution in [3.63, 3.8) is 0 Å². The molecule has 0 aliphatic carbocycles. The van der Waals surface area contributed by atoms with E-state index in [1.54, 1.807) is 6.07 Å². The van der Waals surface area contributed by atoms with Crippen LogP contribution in [0.3, 0.4) is 0 Å². The van der Waals surface area contributed by atoms with E-state index in [0.29, 0.717) is 12.2 Å². The molecule has 0 saturated heterocycles. The second-order valence-electron chi connectivity index (χ2n) is 3.73. The van der Waals surface area contributed by atoms with Gasteiger partial charge in [0.05, 0.1) is 0 Å². The highest BCUT2D eigenvalue weighted by molar-refractivity contribution is 5.80. The lowest BCUT2D eigenvalue weighted by Gasteiger charge is -2.07. The first-order chi connectivity index (χ1) is 8.41. The SMILES string of the molecule is CCNc1ccc2cc(C(F)(F)F)c(=O)oc2c1. The fraction of sp³-hybridized carbons (Fsp3) is 0.250. The maximum absolute atomic E-state index is 12.5. The first-order valence-corrected chi connectivity index (χ1v) is 5.31. The molecule has 0 unspecified atom stereocenters. The number of nitrogens with one attached hydrogen (secondary N) is 1. The maximum Gasteiger partial charge on any atom is 0.423 e. The van der Waals surface area contributed by atoms with E-state index >= 15 is 0 Å². The lowest BCUT2D eigenvalue weighted by molar-refractivity contribution is -0.139. The zero-order valence-electron chi connectivity index (χ0n) is 9.47. The Balaban J connectivity index is 2.61. The summed E-state index contributed by atoms with van der Waals surface area (Å²) < 4.78 is 42.2. The fourth-order valence-corrected chi connectivity index (χ4v) is 1.62. The third-order valence-electron chi connectivity index (χ3n) is 2.42. The van der Waals surface area contributed by atoms with Crippen LogP contribution in [0.4, 0.5) is 18.9 Å². The largest absolute Gasteiger partial charge is 0.423 e. The molecule has 0 aliphatic rings. The Morgan fingerprint density at radius 3 is 2.61 bits per heavy atom. The molecule has 0 aliphatic heterocycles. The summed E-state index contributed by atoms with van der Waals surface area (Å²) in [7, 11) is 0. The molecule has 1 aromatic heterocycles. The first kappa shape index (κ1) is 12.5. The number of benzene rings is 1. The second kappa shape index (κ2) is 4.36. The molecule has 2 rings (SSSR count). The van der Waals surface area contributed by atoms with Crippen LogP contribution in [-0.4, -0.2) is 6.54 Å². The minimum atomic E-state index is -4.70. The Bertz CT molecular complexity index is 631. The molecule has 1 aromatic carbocycles. The third kappa shape index (κ3) is 2.32. The van der Waals surface area contributed by atoms with Gasteiger partial charge in [-0.3, -0.25) is 0 Å². The van der Waals surface area contributed by atoms with Crippen molar-refractivity contribution < 1.29 is 17.6 Å². The molecule has 1 N–H and O–H groups in total. The van der Waals surface area contributed by atoms with E-state index in [1.807, 2.05) is 6.92 Å². The Morgan fingerprint density at radius 1 is 1.28 bits per heavy atom. The number of fused-ring (bicyclic) bond motifs is 1. The van der Waals surface area contributed by atoms with Crippen LogP contribution in [0.2, 0.25) is 0 Å².